The molecule has 0 bridgehead atoms. The van der Waals surface area contributed by atoms with E-state index in [1.165, 1.54) is 30.5 Å². The molecule has 2 N–H and O–H groups in total. The number of aromatic amines is 1. The molecule has 0 aliphatic carbocycles. The van der Waals surface area contributed by atoms with Gasteiger partial charge in [0.2, 0.25) is 17.4 Å². The van der Waals surface area contributed by atoms with E-state index in [1.807, 2.05) is 0 Å². The first-order valence-electron chi connectivity index (χ1n) is 11.6. The highest BCUT2D eigenvalue weighted by atomic mass is 19.3. The predicted molar refractivity (Wildman–Crippen MR) is 122 cm³/mol. The number of aryl methyl sites for hydroxylation is 1. The molecule has 1 aromatic carbocycles. The van der Waals surface area contributed by atoms with E-state index in [9.17, 15) is 27.2 Å². The SMILES string of the molecule is C[C@@H](C(=O)Nc1nc2n(n1)C(c1cc(F)cc(F)c1)CC2)N1CCC(F)(F)[C@@H](c2ccc(=O)[nH]c2)C1. The molecule has 3 atom stereocenters. The van der Waals surface area contributed by atoms with Gasteiger partial charge < -0.3 is 4.98 Å². The number of amides is 1. The summed E-state index contributed by atoms with van der Waals surface area (Å²) >= 11 is 0. The number of benzene rings is 1. The van der Waals surface area contributed by atoms with E-state index in [4.69, 9.17) is 0 Å². The van der Waals surface area contributed by atoms with Gasteiger partial charge in [0.1, 0.15) is 17.5 Å². The molecule has 1 fully saturated rings. The lowest BCUT2D eigenvalue weighted by atomic mass is 9.87. The number of aromatic nitrogens is 4. The normalized spacial score (nSPS) is 22.2. The van der Waals surface area contributed by atoms with E-state index < -0.39 is 47.9 Å². The molecule has 1 unspecified atom stereocenters. The number of fused-ring (bicyclic) bond motifs is 1. The first-order valence-corrected chi connectivity index (χ1v) is 11.6. The largest absolute Gasteiger partial charge is 0.329 e. The van der Waals surface area contributed by atoms with E-state index in [-0.39, 0.29) is 24.6 Å². The maximum atomic E-state index is 14.7. The third-order valence-corrected chi connectivity index (χ3v) is 6.94. The fourth-order valence-corrected chi connectivity index (χ4v) is 4.94. The number of H-pyrrole nitrogens is 1. The number of halogens is 4. The van der Waals surface area contributed by atoms with Gasteiger partial charge in [-0.1, -0.05) is 6.07 Å². The van der Waals surface area contributed by atoms with Crippen LogP contribution in [-0.4, -0.2) is 55.6 Å². The molecule has 0 spiro atoms. The van der Waals surface area contributed by atoms with Crippen LogP contribution in [0.4, 0.5) is 23.5 Å². The van der Waals surface area contributed by atoms with Crippen LogP contribution in [0.25, 0.3) is 0 Å². The molecule has 3 aromatic rings. The summed E-state index contributed by atoms with van der Waals surface area (Å²) in [6.45, 7) is 1.56. The Labute approximate surface area is 203 Å². The molecule has 4 heterocycles. The van der Waals surface area contributed by atoms with Gasteiger partial charge in [0.05, 0.1) is 18.0 Å². The molecule has 1 saturated heterocycles. The maximum Gasteiger partial charge on any atom is 0.257 e. The van der Waals surface area contributed by atoms with Crippen LogP contribution in [0.1, 0.15) is 48.7 Å². The zero-order chi connectivity index (χ0) is 25.6. The Bertz CT molecular complexity index is 1320. The number of nitrogens with one attached hydrogen (secondary N) is 2. The lowest BCUT2D eigenvalue weighted by Crippen LogP contribution is -2.52. The number of hydrogen-bond acceptors (Lipinski definition) is 5. The molecular weight excluding hydrogens is 480 g/mol. The van der Waals surface area contributed by atoms with Crippen LogP contribution < -0.4 is 10.9 Å². The Balaban J connectivity index is 1.29. The summed E-state index contributed by atoms with van der Waals surface area (Å²) in [5.74, 6) is -5.38. The summed E-state index contributed by atoms with van der Waals surface area (Å²) in [5.41, 5.74) is 0.334. The zero-order valence-electron chi connectivity index (χ0n) is 19.3. The molecule has 0 radical (unpaired) electrons. The standard InChI is InChI=1S/C24H24F4N6O2/c1-13(33-7-6-24(27,28)18(12-33)14-2-5-21(35)29-11-14)22(36)31-23-30-20-4-3-19(34(20)32-23)15-8-16(25)10-17(26)9-15/h2,5,8-11,13,18-19H,3-4,6-7,12H2,1H3,(H,29,35)(H,31,32,36)/t13-,18+,19?/m0/s1. The lowest BCUT2D eigenvalue weighted by molar-refractivity contribution is -0.125. The van der Waals surface area contributed by atoms with Crippen molar-refractivity contribution >= 4 is 11.9 Å². The molecule has 8 nitrogen and oxygen atoms in total. The van der Waals surface area contributed by atoms with Gasteiger partial charge in [0.25, 0.3) is 5.92 Å². The zero-order valence-corrected chi connectivity index (χ0v) is 19.3. The molecule has 1 amide bonds. The van der Waals surface area contributed by atoms with Gasteiger partial charge in [0, 0.05) is 44.3 Å². The van der Waals surface area contributed by atoms with Crippen LogP contribution in [0, 0.1) is 11.6 Å². The minimum Gasteiger partial charge on any atom is -0.329 e. The molecule has 0 saturated carbocycles. The van der Waals surface area contributed by atoms with Crippen molar-refractivity contribution in [3.8, 4) is 0 Å². The second-order valence-corrected chi connectivity index (χ2v) is 9.26. The summed E-state index contributed by atoms with van der Waals surface area (Å²) in [7, 11) is 0. The number of rotatable bonds is 5. The maximum absolute atomic E-state index is 14.7. The third kappa shape index (κ3) is 4.64. The molecule has 2 aliphatic rings. The summed E-state index contributed by atoms with van der Waals surface area (Å²) in [5, 5.41) is 6.96. The van der Waals surface area contributed by atoms with E-state index in [0.717, 1.165) is 6.07 Å². The molecule has 5 rings (SSSR count). The first kappa shape index (κ1) is 24.2. The van der Waals surface area contributed by atoms with Crippen molar-refractivity contribution in [2.24, 2.45) is 0 Å². The highest BCUT2D eigenvalue weighted by molar-refractivity contribution is 5.93. The molecule has 2 aromatic heterocycles. The number of alkyl halides is 2. The Morgan fingerprint density at radius 3 is 2.64 bits per heavy atom. The number of likely N-dealkylation sites (tertiary alicyclic amines) is 1. The van der Waals surface area contributed by atoms with Crippen LogP contribution in [0.3, 0.4) is 0 Å². The second kappa shape index (κ2) is 9.16. The van der Waals surface area contributed by atoms with Gasteiger partial charge in [-0.25, -0.2) is 22.2 Å². The van der Waals surface area contributed by atoms with E-state index >= 15 is 0 Å². The number of nitrogens with zero attached hydrogens (tertiary/aromatic N) is 4. The van der Waals surface area contributed by atoms with E-state index in [2.05, 4.69) is 20.4 Å². The molecule has 2 aliphatic heterocycles. The molecule has 12 heteroatoms. The Morgan fingerprint density at radius 2 is 1.94 bits per heavy atom. The number of pyridine rings is 1. The molecular formula is C24H24F4N6O2. The van der Waals surface area contributed by atoms with Crippen molar-refractivity contribution in [3.63, 3.8) is 0 Å². The van der Waals surface area contributed by atoms with Crippen molar-refractivity contribution in [2.75, 3.05) is 18.4 Å². The summed E-state index contributed by atoms with van der Waals surface area (Å²) < 4.78 is 58.3. The number of anilines is 1. The quantitative estimate of drug-likeness (QED) is 0.521. The van der Waals surface area contributed by atoms with Crippen LogP contribution >= 0.6 is 0 Å². The van der Waals surface area contributed by atoms with Crippen molar-refractivity contribution < 1.29 is 22.4 Å². The lowest BCUT2D eigenvalue weighted by Gasteiger charge is -2.40. The van der Waals surface area contributed by atoms with Crippen LogP contribution in [0.15, 0.2) is 41.3 Å². The molecule has 190 valence electrons. The first-order chi connectivity index (χ1) is 17.1. The summed E-state index contributed by atoms with van der Waals surface area (Å²) in [4.78, 5) is 32.7. The fraction of sp³-hybridized carbons (Fsp3) is 0.417. The van der Waals surface area contributed by atoms with Gasteiger partial charge in [-0.15, -0.1) is 5.10 Å². The average molecular weight is 504 g/mol. The smallest absolute Gasteiger partial charge is 0.257 e. The van der Waals surface area contributed by atoms with Gasteiger partial charge in [-0.3, -0.25) is 19.8 Å². The van der Waals surface area contributed by atoms with Crippen molar-refractivity contribution in [1.29, 1.82) is 0 Å². The van der Waals surface area contributed by atoms with Gasteiger partial charge >= 0.3 is 0 Å². The monoisotopic (exact) mass is 504 g/mol. The fourth-order valence-electron chi connectivity index (χ4n) is 4.94. The minimum atomic E-state index is -2.98. The number of hydrogen-bond donors (Lipinski definition) is 2. The molecule has 36 heavy (non-hydrogen) atoms. The highest BCUT2D eigenvalue weighted by Crippen LogP contribution is 2.40. The van der Waals surface area contributed by atoms with E-state index in [0.29, 0.717) is 29.8 Å². The average Bonchev–Trinajstić information content (AvgIpc) is 3.39. The topological polar surface area (TPSA) is 95.9 Å². The minimum absolute atomic E-state index is 0.0156. The van der Waals surface area contributed by atoms with Crippen molar-refractivity contribution in [3.05, 3.63) is 75.5 Å². The van der Waals surface area contributed by atoms with Crippen LogP contribution in [-0.2, 0) is 11.2 Å². The van der Waals surface area contributed by atoms with Crippen molar-refractivity contribution in [1.82, 2.24) is 24.6 Å². The number of carbonyl (C=O) groups excluding carboxylic acids is 1. The van der Waals surface area contributed by atoms with Gasteiger partial charge in [-0.05, 0) is 36.6 Å². The van der Waals surface area contributed by atoms with Crippen molar-refractivity contribution in [2.45, 2.75) is 50.1 Å². The van der Waals surface area contributed by atoms with Gasteiger partial charge in [-0.2, -0.15) is 4.98 Å². The number of carbonyl (C=O) groups is 1. The van der Waals surface area contributed by atoms with E-state index in [1.54, 1.807) is 16.5 Å². The van der Waals surface area contributed by atoms with Gasteiger partial charge in [0.15, 0.2) is 0 Å². The number of piperidine rings is 1. The predicted octanol–water partition coefficient (Wildman–Crippen LogP) is 3.23. The van der Waals surface area contributed by atoms with Crippen LogP contribution in [0.5, 0.6) is 0 Å². The summed E-state index contributed by atoms with van der Waals surface area (Å²) in [6.07, 6.45) is 1.93. The van der Waals surface area contributed by atoms with Crippen LogP contribution in [0.2, 0.25) is 0 Å². The Kier molecular flexibility index (Phi) is 6.15. The Morgan fingerprint density at radius 1 is 1.19 bits per heavy atom. The Hall–Kier alpha value is -3.54. The second-order valence-electron chi connectivity index (χ2n) is 9.26. The summed E-state index contributed by atoms with van der Waals surface area (Å²) in [6, 6.07) is 4.71. The third-order valence-electron chi connectivity index (χ3n) is 6.94. The highest BCUT2D eigenvalue weighted by Gasteiger charge is 2.46.